The van der Waals surface area contributed by atoms with Gasteiger partial charge in [-0.1, -0.05) is 18.5 Å². The van der Waals surface area contributed by atoms with Crippen molar-refractivity contribution in [2.75, 3.05) is 11.9 Å². The molecule has 1 aromatic rings. The number of rotatable bonds is 4. The Morgan fingerprint density at radius 2 is 2.21 bits per heavy atom. The second-order valence-electron chi connectivity index (χ2n) is 4.41. The van der Waals surface area contributed by atoms with E-state index >= 15 is 0 Å². The van der Waals surface area contributed by atoms with Crippen LogP contribution in [0.25, 0.3) is 0 Å². The zero-order valence-corrected chi connectivity index (χ0v) is 11.2. The van der Waals surface area contributed by atoms with E-state index < -0.39 is 11.9 Å². The van der Waals surface area contributed by atoms with Crippen LogP contribution in [-0.2, 0) is 9.59 Å². The van der Waals surface area contributed by atoms with Gasteiger partial charge in [-0.3, -0.25) is 14.5 Å². The van der Waals surface area contributed by atoms with Crippen LogP contribution in [-0.4, -0.2) is 29.3 Å². The molecule has 0 radical (unpaired) electrons. The molecule has 1 N–H and O–H groups in total. The Kier molecular flexibility index (Phi) is 4.04. The molecule has 1 heterocycles. The van der Waals surface area contributed by atoms with E-state index in [9.17, 15) is 14.0 Å². The molecule has 1 unspecified atom stereocenters. The minimum Gasteiger partial charge on any atom is -0.371 e. The lowest BCUT2D eigenvalue weighted by Crippen LogP contribution is -2.35. The molecule has 0 saturated carbocycles. The van der Waals surface area contributed by atoms with Crippen LogP contribution in [0.2, 0.25) is 5.02 Å². The maximum Gasteiger partial charge on any atom is 0.252 e. The van der Waals surface area contributed by atoms with E-state index in [-0.39, 0.29) is 23.9 Å². The summed E-state index contributed by atoms with van der Waals surface area (Å²) >= 11 is 5.78. The quantitative estimate of drug-likeness (QED) is 0.864. The minimum atomic E-state index is -0.716. The Morgan fingerprint density at radius 1 is 1.47 bits per heavy atom. The SMILES string of the molecule is CCCN1C(=O)CC(Nc2cc(Cl)ccc2F)C1=O. The summed E-state index contributed by atoms with van der Waals surface area (Å²) in [7, 11) is 0. The Bertz CT molecular complexity index is 521. The van der Waals surface area contributed by atoms with Crippen LogP contribution in [0.1, 0.15) is 19.8 Å². The predicted octanol–water partition coefficient (Wildman–Crippen LogP) is 2.43. The highest BCUT2D eigenvalue weighted by atomic mass is 35.5. The lowest BCUT2D eigenvalue weighted by Gasteiger charge is -2.15. The van der Waals surface area contributed by atoms with Crippen molar-refractivity contribution in [3.05, 3.63) is 29.0 Å². The molecule has 19 heavy (non-hydrogen) atoms. The summed E-state index contributed by atoms with van der Waals surface area (Å²) in [6, 6.07) is 3.33. The average molecular weight is 285 g/mol. The number of likely N-dealkylation sites (tertiary alicyclic amines) is 1. The molecule has 0 aliphatic carbocycles. The molecule has 1 aliphatic heterocycles. The van der Waals surface area contributed by atoms with Gasteiger partial charge in [0.05, 0.1) is 12.1 Å². The van der Waals surface area contributed by atoms with Gasteiger partial charge in [-0.25, -0.2) is 4.39 Å². The maximum absolute atomic E-state index is 13.6. The van der Waals surface area contributed by atoms with Crippen LogP contribution in [0, 0.1) is 5.82 Å². The first-order chi connectivity index (χ1) is 9.02. The molecule has 6 heteroatoms. The standard InChI is InChI=1S/C13H14ClFN2O2/c1-2-5-17-12(18)7-11(13(17)19)16-10-6-8(14)3-4-9(10)15/h3-4,6,11,16H,2,5,7H2,1H3. The lowest BCUT2D eigenvalue weighted by atomic mass is 10.2. The molecule has 4 nitrogen and oxygen atoms in total. The van der Waals surface area contributed by atoms with Crippen molar-refractivity contribution in [1.29, 1.82) is 0 Å². The fourth-order valence-electron chi connectivity index (χ4n) is 2.05. The molecule has 1 saturated heterocycles. The molecule has 1 aliphatic rings. The van der Waals surface area contributed by atoms with Crippen molar-refractivity contribution >= 4 is 29.1 Å². The summed E-state index contributed by atoms with van der Waals surface area (Å²) in [4.78, 5) is 24.9. The number of benzene rings is 1. The molecule has 0 aromatic heterocycles. The van der Waals surface area contributed by atoms with Gasteiger partial charge in [0, 0.05) is 11.6 Å². The van der Waals surface area contributed by atoms with Gasteiger partial charge in [-0.2, -0.15) is 0 Å². The second-order valence-corrected chi connectivity index (χ2v) is 4.85. The van der Waals surface area contributed by atoms with Crippen molar-refractivity contribution in [3.8, 4) is 0 Å². The summed E-state index contributed by atoms with van der Waals surface area (Å²) in [5.74, 6) is -1.04. The minimum absolute atomic E-state index is 0.0464. The van der Waals surface area contributed by atoms with Crippen LogP contribution in [0.5, 0.6) is 0 Å². The molecule has 102 valence electrons. The Morgan fingerprint density at radius 3 is 2.89 bits per heavy atom. The third-order valence-electron chi connectivity index (χ3n) is 2.95. The molecule has 1 aromatic carbocycles. The zero-order chi connectivity index (χ0) is 14.0. The van der Waals surface area contributed by atoms with Crippen molar-refractivity contribution in [2.24, 2.45) is 0 Å². The molecular formula is C13H14ClFN2O2. The maximum atomic E-state index is 13.6. The molecular weight excluding hydrogens is 271 g/mol. The number of anilines is 1. The Labute approximate surface area is 115 Å². The fourth-order valence-corrected chi connectivity index (χ4v) is 2.22. The van der Waals surface area contributed by atoms with E-state index in [1.165, 1.54) is 23.1 Å². The normalized spacial score (nSPS) is 19.1. The van der Waals surface area contributed by atoms with Crippen molar-refractivity contribution < 1.29 is 14.0 Å². The van der Waals surface area contributed by atoms with Crippen LogP contribution in [0.3, 0.4) is 0 Å². The van der Waals surface area contributed by atoms with Crippen LogP contribution in [0.4, 0.5) is 10.1 Å². The second kappa shape index (κ2) is 5.57. The van der Waals surface area contributed by atoms with Gasteiger partial charge in [0.2, 0.25) is 5.91 Å². The van der Waals surface area contributed by atoms with E-state index in [1.807, 2.05) is 6.92 Å². The number of nitrogens with one attached hydrogen (secondary N) is 1. The highest BCUT2D eigenvalue weighted by Crippen LogP contribution is 2.23. The van der Waals surface area contributed by atoms with E-state index in [4.69, 9.17) is 11.6 Å². The molecule has 0 spiro atoms. The summed E-state index contributed by atoms with van der Waals surface area (Å²) in [6.07, 6.45) is 0.751. The number of carbonyl (C=O) groups is 2. The molecule has 2 amide bonds. The van der Waals surface area contributed by atoms with Gasteiger partial charge in [0.15, 0.2) is 0 Å². The summed E-state index contributed by atoms with van der Waals surface area (Å²) < 4.78 is 13.6. The third kappa shape index (κ3) is 2.87. The molecule has 1 atom stereocenters. The van der Waals surface area contributed by atoms with Crippen molar-refractivity contribution in [3.63, 3.8) is 0 Å². The number of halogens is 2. The van der Waals surface area contributed by atoms with Gasteiger partial charge in [-0.15, -0.1) is 0 Å². The van der Waals surface area contributed by atoms with Crippen LogP contribution >= 0.6 is 11.6 Å². The first kappa shape index (κ1) is 13.8. The number of nitrogens with zero attached hydrogens (tertiary/aromatic N) is 1. The molecule has 1 fully saturated rings. The summed E-state index contributed by atoms with van der Waals surface area (Å²) in [5, 5.41) is 3.11. The van der Waals surface area contributed by atoms with Crippen LogP contribution < -0.4 is 5.32 Å². The Hall–Kier alpha value is -1.62. The monoisotopic (exact) mass is 284 g/mol. The average Bonchev–Trinajstić information content (AvgIpc) is 2.62. The number of hydrogen-bond donors (Lipinski definition) is 1. The zero-order valence-electron chi connectivity index (χ0n) is 10.5. The highest BCUT2D eigenvalue weighted by molar-refractivity contribution is 6.30. The number of amides is 2. The van der Waals surface area contributed by atoms with Gasteiger partial charge in [-0.05, 0) is 24.6 Å². The van der Waals surface area contributed by atoms with E-state index in [0.717, 1.165) is 0 Å². The van der Waals surface area contributed by atoms with Crippen molar-refractivity contribution in [1.82, 2.24) is 4.90 Å². The first-order valence-corrected chi connectivity index (χ1v) is 6.46. The first-order valence-electron chi connectivity index (χ1n) is 6.08. The van der Waals surface area contributed by atoms with E-state index in [2.05, 4.69) is 5.32 Å². The van der Waals surface area contributed by atoms with E-state index in [0.29, 0.717) is 18.0 Å². The summed E-state index contributed by atoms with van der Waals surface area (Å²) in [6.45, 7) is 2.28. The topological polar surface area (TPSA) is 49.4 Å². The smallest absolute Gasteiger partial charge is 0.252 e. The van der Waals surface area contributed by atoms with E-state index in [1.54, 1.807) is 0 Å². The fraction of sp³-hybridized carbons (Fsp3) is 0.385. The molecule has 0 bridgehead atoms. The van der Waals surface area contributed by atoms with Gasteiger partial charge in [0.25, 0.3) is 5.91 Å². The predicted molar refractivity (Wildman–Crippen MR) is 70.4 cm³/mol. The number of imide groups is 1. The number of hydrogen-bond acceptors (Lipinski definition) is 3. The highest BCUT2D eigenvalue weighted by Gasteiger charge is 2.38. The largest absolute Gasteiger partial charge is 0.371 e. The number of carbonyl (C=O) groups excluding carboxylic acids is 2. The van der Waals surface area contributed by atoms with Crippen molar-refractivity contribution in [2.45, 2.75) is 25.8 Å². The van der Waals surface area contributed by atoms with Crippen LogP contribution in [0.15, 0.2) is 18.2 Å². The van der Waals surface area contributed by atoms with Gasteiger partial charge < -0.3 is 5.32 Å². The molecule has 2 rings (SSSR count). The van der Waals surface area contributed by atoms with Gasteiger partial charge in [0.1, 0.15) is 11.9 Å². The summed E-state index contributed by atoms with van der Waals surface area (Å²) in [5.41, 5.74) is 0.136. The lowest BCUT2D eigenvalue weighted by molar-refractivity contribution is -0.138. The Balaban J connectivity index is 2.14. The third-order valence-corrected chi connectivity index (χ3v) is 3.18. The van der Waals surface area contributed by atoms with Gasteiger partial charge >= 0.3 is 0 Å².